The molecule has 1 saturated heterocycles. The summed E-state index contributed by atoms with van der Waals surface area (Å²) in [5.74, 6) is -0.679. The number of thiazole rings is 1. The minimum absolute atomic E-state index is 0.0284. The molecule has 2 N–H and O–H groups in total. The van der Waals surface area contributed by atoms with Crippen LogP contribution in [-0.4, -0.2) is 66.0 Å². The van der Waals surface area contributed by atoms with Crippen molar-refractivity contribution in [1.82, 2.24) is 15.2 Å². The van der Waals surface area contributed by atoms with Crippen LogP contribution in [0, 0.1) is 5.92 Å². The molecular weight excluding hydrogens is 419 g/mol. The van der Waals surface area contributed by atoms with Crippen LogP contribution in [0.3, 0.4) is 0 Å². The molecule has 3 rings (SSSR count). The smallest absolute Gasteiger partial charge is 0.379 e. The quantitative estimate of drug-likeness (QED) is 0.686. The molecule has 2 heterocycles. The van der Waals surface area contributed by atoms with Crippen LogP contribution in [0.2, 0.25) is 0 Å². The Morgan fingerprint density at radius 1 is 1.30 bits per heavy atom. The third-order valence-electron chi connectivity index (χ3n) is 5.33. The molecule has 1 aromatic carbocycles. The highest BCUT2D eigenvalue weighted by Gasteiger charge is 2.58. The third kappa shape index (κ3) is 4.93. The van der Waals surface area contributed by atoms with E-state index in [1.807, 2.05) is 13.8 Å². The summed E-state index contributed by atoms with van der Waals surface area (Å²) in [4.78, 5) is 18.6. The number of aliphatic hydroxyl groups is 1. The van der Waals surface area contributed by atoms with Gasteiger partial charge in [-0.1, -0.05) is 26.0 Å². The molecule has 0 aliphatic carbocycles. The van der Waals surface area contributed by atoms with Gasteiger partial charge in [0.05, 0.1) is 29.9 Å². The molecule has 2 atom stereocenters. The fraction of sp³-hybridized carbons (Fsp3) is 0.600. The molecule has 10 heteroatoms. The highest BCUT2D eigenvalue weighted by molar-refractivity contribution is 7.18. The zero-order valence-corrected chi connectivity index (χ0v) is 17.7. The number of hydrogen-bond donors (Lipinski definition) is 2. The maximum Gasteiger partial charge on any atom is 0.424 e. The van der Waals surface area contributed by atoms with Gasteiger partial charge in [0.15, 0.2) is 0 Å². The van der Waals surface area contributed by atoms with Crippen LogP contribution in [-0.2, 0) is 15.1 Å². The minimum Gasteiger partial charge on any atom is -0.379 e. The summed E-state index contributed by atoms with van der Waals surface area (Å²) in [6, 6.07) is 6.51. The lowest BCUT2D eigenvalue weighted by Crippen LogP contribution is -2.52. The van der Waals surface area contributed by atoms with Gasteiger partial charge in [-0.3, -0.25) is 9.69 Å². The number of carbonyl (C=O) groups excluding carboxylic acids is 1. The number of hydrogen-bond acceptors (Lipinski definition) is 6. The van der Waals surface area contributed by atoms with E-state index in [1.165, 1.54) is 0 Å². The maximum absolute atomic E-state index is 13.8. The van der Waals surface area contributed by atoms with Crippen LogP contribution in [0.5, 0.6) is 0 Å². The van der Waals surface area contributed by atoms with E-state index < -0.39 is 29.1 Å². The van der Waals surface area contributed by atoms with Crippen molar-refractivity contribution in [2.75, 3.05) is 32.8 Å². The van der Waals surface area contributed by atoms with E-state index in [-0.39, 0.29) is 18.5 Å². The molecule has 1 aliphatic rings. The number of rotatable bonds is 7. The molecule has 0 bridgehead atoms. The van der Waals surface area contributed by atoms with Crippen LogP contribution >= 0.6 is 11.3 Å². The summed E-state index contributed by atoms with van der Waals surface area (Å²) in [6.45, 7) is 6.78. The summed E-state index contributed by atoms with van der Waals surface area (Å²) in [6.07, 6.45) is -6.18. The molecule has 2 unspecified atom stereocenters. The van der Waals surface area contributed by atoms with Crippen molar-refractivity contribution in [1.29, 1.82) is 0 Å². The van der Waals surface area contributed by atoms with Gasteiger partial charge in [-0.15, -0.1) is 11.3 Å². The Labute approximate surface area is 177 Å². The molecule has 1 aliphatic heterocycles. The predicted octanol–water partition coefficient (Wildman–Crippen LogP) is 2.91. The van der Waals surface area contributed by atoms with Gasteiger partial charge in [0, 0.05) is 25.7 Å². The van der Waals surface area contributed by atoms with Gasteiger partial charge in [0.25, 0.3) is 0 Å². The van der Waals surface area contributed by atoms with Crippen molar-refractivity contribution in [3.05, 3.63) is 29.3 Å². The lowest BCUT2D eigenvalue weighted by molar-refractivity contribution is -0.267. The number of benzene rings is 1. The van der Waals surface area contributed by atoms with Gasteiger partial charge in [-0.05, 0) is 18.1 Å². The fourth-order valence-electron chi connectivity index (χ4n) is 3.56. The van der Waals surface area contributed by atoms with Crippen molar-refractivity contribution in [3.8, 4) is 0 Å². The Morgan fingerprint density at radius 3 is 2.57 bits per heavy atom. The van der Waals surface area contributed by atoms with Crippen LogP contribution < -0.4 is 5.32 Å². The van der Waals surface area contributed by atoms with Gasteiger partial charge >= 0.3 is 6.18 Å². The molecule has 1 amide bonds. The predicted molar refractivity (Wildman–Crippen MR) is 108 cm³/mol. The number of ether oxygens (including phenoxy) is 1. The summed E-state index contributed by atoms with van der Waals surface area (Å²) in [7, 11) is 0. The Hall–Kier alpha value is -1.75. The van der Waals surface area contributed by atoms with Crippen molar-refractivity contribution in [3.63, 3.8) is 0 Å². The monoisotopic (exact) mass is 445 g/mol. The molecule has 6 nitrogen and oxygen atoms in total. The third-order valence-corrected chi connectivity index (χ3v) is 6.51. The first-order valence-corrected chi connectivity index (χ1v) is 10.7. The number of morpholine rings is 1. The molecule has 1 fully saturated rings. The molecular formula is C20H26F3N3O3S. The average Bonchev–Trinajstić information content (AvgIpc) is 3.12. The lowest BCUT2D eigenvalue weighted by atomic mass is 9.98. The van der Waals surface area contributed by atoms with Gasteiger partial charge < -0.3 is 15.2 Å². The second-order valence-corrected chi connectivity index (χ2v) is 8.82. The number of halogens is 3. The zero-order chi connectivity index (χ0) is 21.9. The van der Waals surface area contributed by atoms with Crippen molar-refractivity contribution >= 4 is 27.5 Å². The molecule has 0 saturated carbocycles. The highest BCUT2D eigenvalue weighted by atomic mass is 32.1. The highest BCUT2D eigenvalue weighted by Crippen LogP contribution is 2.44. The summed E-state index contributed by atoms with van der Waals surface area (Å²) in [5.41, 5.74) is -2.99. The largest absolute Gasteiger partial charge is 0.424 e. The van der Waals surface area contributed by atoms with E-state index in [1.54, 1.807) is 24.3 Å². The van der Waals surface area contributed by atoms with Gasteiger partial charge in [0.1, 0.15) is 5.01 Å². The normalized spacial score (nSPS) is 19.0. The Balaban J connectivity index is 1.73. The molecule has 0 radical (unpaired) electrons. The second-order valence-electron chi connectivity index (χ2n) is 7.79. The van der Waals surface area contributed by atoms with Gasteiger partial charge in [0.2, 0.25) is 11.5 Å². The minimum atomic E-state index is -5.04. The number of nitrogens with one attached hydrogen (secondary N) is 1. The van der Waals surface area contributed by atoms with Crippen molar-refractivity contribution < 1.29 is 27.8 Å². The van der Waals surface area contributed by atoms with Gasteiger partial charge in [-0.25, -0.2) is 4.98 Å². The molecule has 30 heavy (non-hydrogen) atoms. The first-order chi connectivity index (χ1) is 14.1. The summed E-state index contributed by atoms with van der Waals surface area (Å²) in [5, 5.41) is 12.6. The van der Waals surface area contributed by atoms with E-state index in [2.05, 4.69) is 15.2 Å². The Kier molecular flexibility index (Phi) is 7.01. The zero-order valence-electron chi connectivity index (χ0n) is 16.9. The summed E-state index contributed by atoms with van der Waals surface area (Å²) < 4.78 is 47.3. The summed E-state index contributed by atoms with van der Waals surface area (Å²) >= 11 is 0.742. The first kappa shape index (κ1) is 22.9. The van der Waals surface area contributed by atoms with Crippen LogP contribution in [0.25, 0.3) is 10.2 Å². The first-order valence-electron chi connectivity index (χ1n) is 9.85. The Bertz CT molecular complexity index is 835. The van der Waals surface area contributed by atoms with E-state index in [0.29, 0.717) is 36.5 Å². The number of nitrogens with zero attached hydrogens (tertiary/aromatic N) is 2. The van der Waals surface area contributed by atoms with Crippen LogP contribution in [0.15, 0.2) is 24.3 Å². The standard InChI is InChI=1S/C20H26F3N3O3S/c1-13(2)15(26-7-9-29-10-8-26)12-24-17(27)11-19(28,20(21,22)23)18-25-14-5-3-4-6-16(14)30-18/h3-6,13,15,28H,7-12H2,1-2H3,(H,24,27). The molecule has 1 aromatic heterocycles. The number of aromatic nitrogens is 1. The van der Waals surface area contributed by atoms with Crippen LogP contribution in [0.4, 0.5) is 13.2 Å². The van der Waals surface area contributed by atoms with Crippen LogP contribution in [0.1, 0.15) is 25.3 Å². The van der Waals surface area contributed by atoms with E-state index in [4.69, 9.17) is 4.74 Å². The van der Waals surface area contributed by atoms with E-state index in [0.717, 1.165) is 11.3 Å². The lowest BCUT2D eigenvalue weighted by Gasteiger charge is -2.37. The number of fused-ring (bicyclic) bond motifs is 1. The molecule has 0 spiro atoms. The Morgan fingerprint density at radius 2 is 1.97 bits per heavy atom. The molecule has 166 valence electrons. The van der Waals surface area contributed by atoms with Crippen molar-refractivity contribution in [2.24, 2.45) is 5.92 Å². The van der Waals surface area contributed by atoms with Gasteiger partial charge in [-0.2, -0.15) is 13.2 Å². The number of carbonyl (C=O) groups is 1. The number of para-hydroxylation sites is 1. The maximum atomic E-state index is 13.8. The molecule has 2 aromatic rings. The number of alkyl halides is 3. The van der Waals surface area contributed by atoms with E-state index >= 15 is 0 Å². The average molecular weight is 446 g/mol. The van der Waals surface area contributed by atoms with Crippen molar-refractivity contribution in [2.45, 2.75) is 38.1 Å². The SMILES string of the molecule is CC(C)C(CNC(=O)CC(O)(c1nc2ccccc2s1)C(F)(F)F)N1CCOCC1. The second kappa shape index (κ2) is 9.17. The fourth-order valence-corrected chi connectivity index (χ4v) is 4.63. The topological polar surface area (TPSA) is 74.7 Å². The number of amides is 1. The van der Waals surface area contributed by atoms with E-state index in [9.17, 15) is 23.1 Å².